The number of rotatable bonds is 4. The fourth-order valence-electron chi connectivity index (χ4n) is 1.19. The van der Waals surface area contributed by atoms with Crippen LogP contribution in [0.1, 0.15) is 13.3 Å². The summed E-state index contributed by atoms with van der Waals surface area (Å²) in [6.45, 7) is 2.14. The summed E-state index contributed by atoms with van der Waals surface area (Å²) in [5.74, 6) is 1.03. The first-order valence-corrected chi connectivity index (χ1v) is 5.87. The zero-order valence-corrected chi connectivity index (χ0v) is 9.31. The number of benzene rings is 1. The van der Waals surface area contributed by atoms with E-state index in [9.17, 15) is 0 Å². The number of aromatic nitrogens is 4. The van der Waals surface area contributed by atoms with Gasteiger partial charge >= 0.3 is 0 Å². The quantitative estimate of drug-likeness (QED) is 0.741. The van der Waals surface area contributed by atoms with Gasteiger partial charge in [-0.15, -0.1) is 5.10 Å². The van der Waals surface area contributed by atoms with Crippen LogP contribution in [0.4, 0.5) is 0 Å². The highest BCUT2D eigenvalue weighted by Gasteiger charge is 2.06. The van der Waals surface area contributed by atoms with Gasteiger partial charge in [0.05, 0.1) is 5.69 Å². The lowest BCUT2D eigenvalue weighted by atomic mass is 10.3. The summed E-state index contributed by atoms with van der Waals surface area (Å²) in [6.07, 6.45) is 1.12. The Labute approximate surface area is 92.7 Å². The van der Waals surface area contributed by atoms with Crippen LogP contribution in [-0.2, 0) is 0 Å². The first-order chi connectivity index (χ1) is 7.42. The van der Waals surface area contributed by atoms with Crippen molar-refractivity contribution in [2.24, 2.45) is 0 Å². The summed E-state index contributed by atoms with van der Waals surface area (Å²) < 4.78 is 1.76. The van der Waals surface area contributed by atoms with Gasteiger partial charge in [-0.25, -0.2) is 0 Å². The van der Waals surface area contributed by atoms with Crippen molar-refractivity contribution in [3.05, 3.63) is 30.3 Å². The van der Waals surface area contributed by atoms with Crippen molar-refractivity contribution in [3.63, 3.8) is 0 Å². The molecule has 0 N–H and O–H groups in total. The molecule has 1 aromatic carbocycles. The molecular formula is C10H12N4S. The Morgan fingerprint density at radius 3 is 2.80 bits per heavy atom. The van der Waals surface area contributed by atoms with Gasteiger partial charge in [-0.3, -0.25) is 0 Å². The largest absolute Gasteiger partial charge is 0.214 e. The lowest BCUT2D eigenvalue weighted by molar-refractivity contribution is 0.756. The maximum absolute atomic E-state index is 3.99. The molecule has 0 radical (unpaired) electrons. The summed E-state index contributed by atoms with van der Waals surface area (Å²) >= 11 is 1.68. The van der Waals surface area contributed by atoms with Crippen LogP contribution in [0.15, 0.2) is 35.5 Å². The van der Waals surface area contributed by atoms with E-state index in [-0.39, 0.29) is 0 Å². The standard InChI is InChI=1S/C10H12N4S/c1-2-8-15-10-11-12-13-14(10)9-6-4-3-5-7-9/h3-7H,2,8H2,1H3. The van der Waals surface area contributed by atoms with Gasteiger partial charge in [-0.05, 0) is 29.0 Å². The smallest absolute Gasteiger partial charge is 0.188 e. The van der Waals surface area contributed by atoms with Crippen LogP contribution in [0, 0.1) is 0 Å². The monoisotopic (exact) mass is 220 g/mol. The number of thioether (sulfide) groups is 1. The molecule has 5 heteroatoms. The highest BCUT2D eigenvalue weighted by atomic mass is 32.2. The molecule has 0 saturated carbocycles. The van der Waals surface area contributed by atoms with Crippen molar-refractivity contribution < 1.29 is 0 Å². The molecular weight excluding hydrogens is 208 g/mol. The molecule has 0 spiro atoms. The van der Waals surface area contributed by atoms with Gasteiger partial charge in [0.15, 0.2) is 0 Å². The third-order valence-corrected chi connectivity index (χ3v) is 3.00. The third-order valence-electron chi connectivity index (χ3n) is 1.88. The molecule has 0 aliphatic carbocycles. The van der Waals surface area contributed by atoms with Crippen molar-refractivity contribution in [3.8, 4) is 5.69 Å². The predicted molar refractivity (Wildman–Crippen MR) is 60.2 cm³/mol. The SMILES string of the molecule is CCCSc1nnnn1-c1ccccc1. The van der Waals surface area contributed by atoms with Gasteiger partial charge in [0, 0.05) is 5.75 Å². The van der Waals surface area contributed by atoms with E-state index >= 15 is 0 Å². The third kappa shape index (κ3) is 2.36. The summed E-state index contributed by atoms with van der Waals surface area (Å²) in [4.78, 5) is 0. The Hall–Kier alpha value is -1.36. The molecule has 0 fully saturated rings. The Morgan fingerprint density at radius 2 is 2.07 bits per heavy atom. The van der Waals surface area contributed by atoms with Gasteiger partial charge in [-0.2, -0.15) is 4.68 Å². The minimum absolute atomic E-state index is 0.850. The van der Waals surface area contributed by atoms with E-state index in [0.29, 0.717) is 0 Å². The Kier molecular flexibility index (Phi) is 3.34. The van der Waals surface area contributed by atoms with E-state index in [2.05, 4.69) is 22.4 Å². The summed E-state index contributed by atoms with van der Waals surface area (Å²) in [6, 6.07) is 9.92. The first-order valence-electron chi connectivity index (χ1n) is 4.88. The van der Waals surface area contributed by atoms with Crippen LogP contribution >= 0.6 is 11.8 Å². The van der Waals surface area contributed by atoms with Crippen molar-refractivity contribution in [1.82, 2.24) is 20.2 Å². The van der Waals surface area contributed by atoms with Crippen molar-refractivity contribution >= 4 is 11.8 Å². The number of hydrogen-bond acceptors (Lipinski definition) is 4. The molecule has 0 aliphatic rings. The van der Waals surface area contributed by atoms with Crippen LogP contribution in [-0.4, -0.2) is 26.0 Å². The van der Waals surface area contributed by atoms with Crippen LogP contribution in [0.3, 0.4) is 0 Å². The van der Waals surface area contributed by atoms with Gasteiger partial charge in [0.2, 0.25) is 5.16 Å². The Morgan fingerprint density at radius 1 is 1.27 bits per heavy atom. The molecule has 1 aromatic heterocycles. The molecule has 78 valence electrons. The molecule has 4 nitrogen and oxygen atoms in total. The van der Waals surface area contributed by atoms with E-state index in [4.69, 9.17) is 0 Å². The van der Waals surface area contributed by atoms with Crippen LogP contribution < -0.4 is 0 Å². The molecule has 0 aliphatic heterocycles. The second-order valence-electron chi connectivity index (χ2n) is 3.06. The van der Waals surface area contributed by atoms with Gasteiger partial charge in [-0.1, -0.05) is 36.9 Å². The average Bonchev–Trinajstić information content (AvgIpc) is 2.75. The van der Waals surface area contributed by atoms with Crippen molar-refractivity contribution in [2.75, 3.05) is 5.75 Å². The fourth-order valence-corrected chi connectivity index (χ4v) is 1.94. The van der Waals surface area contributed by atoms with E-state index < -0.39 is 0 Å². The van der Waals surface area contributed by atoms with E-state index in [1.54, 1.807) is 16.4 Å². The highest BCUT2D eigenvalue weighted by molar-refractivity contribution is 7.99. The number of tetrazole rings is 1. The summed E-state index contributed by atoms with van der Waals surface area (Å²) in [7, 11) is 0. The molecule has 2 aromatic rings. The average molecular weight is 220 g/mol. The molecule has 0 unspecified atom stereocenters. The zero-order chi connectivity index (χ0) is 10.5. The maximum atomic E-state index is 3.99. The normalized spacial score (nSPS) is 10.5. The number of nitrogens with zero attached hydrogens (tertiary/aromatic N) is 4. The van der Waals surface area contributed by atoms with Crippen LogP contribution in [0.2, 0.25) is 0 Å². The minimum atomic E-state index is 0.850. The van der Waals surface area contributed by atoms with Gasteiger partial charge in [0.25, 0.3) is 0 Å². The molecule has 0 bridgehead atoms. The predicted octanol–water partition coefficient (Wildman–Crippen LogP) is 2.16. The molecule has 0 saturated heterocycles. The van der Waals surface area contributed by atoms with E-state index in [1.807, 2.05) is 30.3 Å². The topological polar surface area (TPSA) is 43.6 Å². The summed E-state index contributed by atoms with van der Waals surface area (Å²) in [5, 5.41) is 12.5. The maximum Gasteiger partial charge on any atom is 0.214 e. The van der Waals surface area contributed by atoms with E-state index in [1.165, 1.54) is 0 Å². The number of para-hydroxylation sites is 1. The molecule has 2 rings (SSSR count). The minimum Gasteiger partial charge on any atom is -0.188 e. The van der Waals surface area contributed by atoms with Crippen LogP contribution in [0.25, 0.3) is 5.69 Å². The Bertz CT molecular complexity index is 412. The number of hydrogen-bond donors (Lipinski definition) is 0. The first kappa shape index (κ1) is 10.2. The molecule has 1 heterocycles. The molecule has 0 atom stereocenters. The molecule has 15 heavy (non-hydrogen) atoms. The van der Waals surface area contributed by atoms with Gasteiger partial charge in [0.1, 0.15) is 0 Å². The van der Waals surface area contributed by atoms with Crippen molar-refractivity contribution in [2.45, 2.75) is 18.5 Å². The van der Waals surface area contributed by atoms with Gasteiger partial charge < -0.3 is 0 Å². The fraction of sp³-hybridized carbons (Fsp3) is 0.300. The zero-order valence-electron chi connectivity index (χ0n) is 8.50. The van der Waals surface area contributed by atoms with Crippen molar-refractivity contribution in [1.29, 1.82) is 0 Å². The van der Waals surface area contributed by atoms with E-state index in [0.717, 1.165) is 23.0 Å². The Balaban J connectivity index is 2.25. The molecule has 0 amide bonds. The highest BCUT2D eigenvalue weighted by Crippen LogP contribution is 2.18. The second kappa shape index (κ2) is 4.93. The lowest BCUT2D eigenvalue weighted by Gasteiger charge is -2.02. The summed E-state index contributed by atoms with van der Waals surface area (Å²) in [5.41, 5.74) is 1.00. The second-order valence-corrected chi connectivity index (χ2v) is 4.12. The lowest BCUT2D eigenvalue weighted by Crippen LogP contribution is -1.98. The van der Waals surface area contributed by atoms with Crippen LogP contribution in [0.5, 0.6) is 0 Å².